The third-order valence-electron chi connectivity index (χ3n) is 6.09. The summed E-state index contributed by atoms with van der Waals surface area (Å²) in [6.07, 6.45) is 0.296. The third-order valence-corrected chi connectivity index (χ3v) is 6.09. The molecule has 1 unspecified atom stereocenters. The molecule has 1 aromatic heterocycles. The first-order valence-electron chi connectivity index (χ1n) is 11.2. The third kappa shape index (κ3) is 4.36. The molecule has 2 aromatic carbocycles. The van der Waals surface area contributed by atoms with Gasteiger partial charge >= 0.3 is 5.97 Å². The number of fused-ring (bicyclic) bond motifs is 2. The average Bonchev–Trinajstić information content (AvgIpc) is 2.81. The number of anilines is 1. The zero-order valence-electron chi connectivity index (χ0n) is 18.9. The summed E-state index contributed by atoms with van der Waals surface area (Å²) in [5, 5.41) is 3.66. The number of amides is 1. The highest BCUT2D eigenvalue weighted by Crippen LogP contribution is 2.29. The Morgan fingerprint density at radius 1 is 1.12 bits per heavy atom. The summed E-state index contributed by atoms with van der Waals surface area (Å²) in [5.74, 6) is -0.790. The number of para-hydroxylation sites is 2. The smallest absolute Gasteiger partial charge is 0.340 e. The van der Waals surface area contributed by atoms with Crippen molar-refractivity contribution in [2.75, 3.05) is 18.4 Å². The molecule has 1 aliphatic heterocycles. The van der Waals surface area contributed by atoms with Gasteiger partial charge in [0.05, 0.1) is 11.1 Å². The highest BCUT2D eigenvalue weighted by atomic mass is 16.5. The molecular weight excluding hydrogens is 402 g/mol. The van der Waals surface area contributed by atoms with Crippen molar-refractivity contribution in [1.29, 1.82) is 0 Å². The molecule has 0 aliphatic carbocycles. The number of nitrogens with one attached hydrogen (secondary N) is 1. The number of rotatable bonds is 6. The summed E-state index contributed by atoms with van der Waals surface area (Å²) in [6, 6.07) is 15.2. The Balaban J connectivity index is 1.65. The Bertz CT molecular complexity index is 1160. The van der Waals surface area contributed by atoms with E-state index in [9.17, 15) is 9.59 Å². The number of likely N-dealkylation sites (N-methyl/N-ethyl adjacent to an activating group) is 1. The molecule has 32 heavy (non-hydrogen) atoms. The second-order valence-electron chi connectivity index (χ2n) is 8.15. The normalized spacial score (nSPS) is 14.6. The molecule has 0 spiro atoms. The van der Waals surface area contributed by atoms with Crippen LogP contribution in [0.2, 0.25) is 0 Å². The Morgan fingerprint density at radius 3 is 2.62 bits per heavy atom. The number of nitrogens with zero attached hydrogens (tertiary/aromatic N) is 2. The maximum absolute atomic E-state index is 13.5. The molecule has 1 amide bonds. The Labute approximate surface area is 188 Å². The first kappa shape index (κ1) is 22.0. The summed E-state index contributed by atoms with van der Waals surface area (Å²) in [6.45, 7) is 8.35. The number of benzene rings is 2. The summed E-state index contributed by atoms with van der Waals surface area (Å²) in [7, 11) is 0. The van der Waals surface area contributed by atoms with Gasteiger partial charge in [0.2, 0.25) is 0 Å². The minimum absolute atomic E-state index is 0.322. The average molecular weight is 432 g/mol. The van der Waals surface area contributed by atoms with Crippen LogP contribution in [0, 0.1) is 6.92 Å². The van der Waals surface area contributed by atoms with Crippen LogP contribution in [0.3, 0.4) is 0 Å². The Morgan fingerprint density at radius 2 is 1.88 bits per heavy atom. The lowest BCUT2D eigenvalue weighted by Crippen LogP contribution is -2.35. The Hall–Kier alpha value is -3.25. The predicted molar refractivity (Wildman–Crippen MR) is 126 cm³/mol. The van der Waals surface area contributed by atoms with Gasteiger partial charge in [-0.2, -0.15) is 0 Å². The van der Waals surface area contributed by atoms with E-state index in [1.54, 1.807) is 0 Å². The molecule has 0 saturated carbocycles. The number of esters is 1. The second kappa shape index (κ2) is 9.49. The minimum Gasteiger partial charge on any atom is -0.449 e. The number of aryl methyl sites for hydroxylation is 1. The van der Waals surface area contributed by atoms with E-state index in [0.717, 1.165) is 52.9 Å². The topological polar surface area (TPSA) is 71.5 Å². The molecule has 0 radical (unpaired) electrons. The molecule has 0 saturated heterocycles. The molecule has 0 bridgehead atoms. The lowest BCUT2D eigenvalue weighted by atomic mass is 9.95. The number of ether oxygens (including phenoxy) is 1. The van der Waals surface area contributed by atoms with Gasteiger partial charge in [-0.1, -0.05) is 50.2 Å². The molecule has 4 rings (SSSR count). The standard InChI is InChI=1S/C26H29N3O3/c1-4-23(25(30)28-20-12-8-6-10-17(20)3)32-26(31)24-18-11-7-9-13-21(18)27-22-14-15-29(5-2)16-19(22)24/h6-13,23H,4-5,14-16H2,1-3H3,(H,28,30). The summed E-state index contributed by atoms with van der Waals surface area (Å²) >= 11 is 0. The van der Waals surface area contributed by atoms with Gasteiger partial charge in [-0.3, -0.25) is 14.7 Å². The van der Waals surface area contributed by atoms with Crippen LogP contribution in [0.5, 0.6) is 0 Å². The predicted octanol–water partition coefficient (Wildman–Crippen LogP) is 4.50. The second-order valence-corrected chi connectivity index (χ2v) is 8.15. The molecule has 2 heterocycles. The molecule has 6 nitrogen and oxygen atoms in total. The van der Waals surface area contributed by atoms with Gasteiger partial charge in [0, 0.05) is 41.8 Å². The van der Waals surface area contributed by atoms with Gasteiger partial charge in [-0.15, -0.1) is 0 Å². The maximum atomic E-state index is 13.5. The fourth-order valence-corrected chi connectivity index (χ4v) is 4.19. The van der Waals surface area contributed by atoms with Crippen molar-refractivity contribution in [3.05, 3.63) is 70.9 Å². The molecule has 1 aliphatic rings. The summed E-state index contributed by atoms with van der Waals surface area (Å²) in [4.78, 5) is 33.5. The molecule has 6 heteroatoms. The molecular formula is C26H29N3O3. The first-order chi connectivity index (χ1) is 15.5. The van der Waals surface area contributed by atoms with Crippen molar-refractivity contribution >= 4 is 28.5 Å². The lowest BCUT2D eigenvalue weighted by Gasteiger charge is -2.29. The van der Waals surface area contributed by atoms with Crippen LogP contribution in [0.4, 0.5) is 5.69 Å². The molecule has 1 atom stereocenters. The number of hydrogen-bond acceptors (Lipinski definition) is 5. The van der Waals surface area contributed by atoms with E-state index in [1.165, 1.54) is 0 Å². The molecule has 3 aromatic rings. The van der Waals surface area contributed by atoms with E-state index in [1.807, 2.05) is 62.4 Å². The quantitative estimate of drug-likeness (QED) is 0.582. The molecule has 166 valence electrons. The number of pyridine rings is 1. The SMILES string of the molecule is CCC(OC(=O)c1c2c(nc3ccccc13)CCN(CC)C2)C(=O)Nc1ccccc1C. The van der Waals surface area contributed by atoms with Crippen LogP contribution in [0.1, 0.15) is 47.4 Å². The summed E-state index contributed by atoms with van der Waals surface area (Å²) in [5.41, 5.74) is 4.84. The van der Waals surface area contributed by atoms with Crippen LogP contribution in [-0.2, 0) is 22.5 Å². The van der Waals surface area contributed by atoms with Crippen LogP contribution >= 0.6 is 0 Å². The van der Waals surface area contributed by atoms with Crippen LogP contribution in [0.25, 0.3) is 10.9 Å². The molecule has 1 N–H and O–H groups in total. The zero-order chi connectivity index (χ0) is 22.7. The van der Waals surface area contributed by atoms with E-state index >= 15 is 0 Å². The number of hydrogen-bond donors (Lipinski definition) is 1. The van der Waals surface area contributed by atoms with Gasteiger partial charge in [-0.25, -0.2) is 4.79 Å². The largest absolute Gasteiger partial charge is 0.449 e. The monoisotopic (exact) mass is 431 g/mol. The lowest BCUT2D eigenvalue weighted by molar-refractivity contribution is -0.124. The van der Waals surface area contributed by atoms with Crippen molar-refractivity contribution in [3.63, 3.8) is 0 Å². The highest BCUT2D eigenvalue weighted by Gasteiger charge is 2.29. The van der Waals surface area contributed by atoms with Gasteiger partial charge < -0.3 is 10.1 Å². The maximum Gasteiger partial charge on any atom is 0.340 e. The van der Waals surface area contributed by atoms with Gasteiger partial charge in [0.25, 0.3) is 5.91 Å². The number of aromatic nitrogens is 1. The van der Waals surface area contributed by atoms with Crippen LogP contribution in [-0.4, -0.2) is 41.0 Å². The van der Waals surface area contributed by atoms with Gasteiger partial charge in [0.1, 0.15) is 0 Å². The van der Waals surface area contributed by atoms with Crippen LogP contribution < -0.4 is 5.32 Å². The van der Waals surface area contributed by atoms with Gasteiger partial charge in [-0.05, 0) is 37.6 Å². The number of carbonyl (C=O) groups excluding carboxylic acids is 2. The van der Waals surface area contributed by atoms with Gasteiger partial charge in [0.15, 0.2) is 6.10 Å². The fourth-order valence-electron chi connectivity index (χ4n) is 4.19. The van der Waals surface area contributed by atoms with Crippen molar-refractivity contribution in [3.8, 4) is 0 Å². The number of carbonyl (C=O) groups is 2. The fraction of sp³-hybridized carbons (Fsp3) is 0.346. The zero-order valence-corrected chi connectivity index (χ0v) is 18.9. The Kier molecular flexibility index (Phi) is 6.51. The minimum atomic E-state index is -0.879. The van der Waals surface area contributed by atoms with Crippen LogP contribution in [0.15, 0.2) is 48.5 Å². The van der Waals surface area contributed by atoms with E-state index in [0.29, 0.717) is 18.5 Å². The molecule has 0 fully saturated rings. The highest BCUT2D eigenvalue weighted by molar-refractivity contribution is 6.06. The van der Waals surface area contributed by atoms with Crippen molar-refractivity contribution in [2.24, 2.45) is 0 Å². The van der Waals surface area contributed by atoms with E-state index < -0.39 is 12.1 Å². The van der Waals surface area contributed by atoms with Crippen molar-refractivity contribution in [1.82, 2.24) is 9.88 Å². The van der Waals surface area contributed by atoms with E-state index in [-0.39, 0.29) is 5.91 Å². The van der Waals surface area contributed by atoms with Crippen molar-refractivity contribution < 1.29 is 14.3 Å². The van der Waals surface area contributed by atoms with Crippen molar-refractivity contribution in [2.45, 2.75) is 46.3 Å². The summed E-state index contributed by atoms with van der Waals surface area (Å²) < 4.78 is 5.81. The first-order valence-corrected chi connectivity index (χ1v) is 11.2. The van der Waals surface area contributed by atoms with E-state index in [2.05, 4.69) is 17.1 Å². The van der Waals surface area contributed by atoms with E-state index in [4.69, 9.17) is 9.72 Å².